The molecule has 0 saturated heterocycles. The highest BCUT2D eigenvalue weighted by atomic mass is 16.1. The van der Waals surface area contributed by atoms with Crippen LogP contribution in [0.5, 0.6) is 0 Å². The normalized spacial score (nSPS) is 16.3. The van der Waals surface area contributed by atoms with Crippen LogP contribution in [-0.4, -0.2) is 24.5 Å². The predicted octanol–water partition coefficient (Wildman–Crippen LogP) is 0.715. The van der Waals surface area contributed by atoms with Gasteiger partial charge in [-0.15, -0.1) is 5.10 Å². The SMILES string of the molecule is Cn1nnc2c(=O)n(CCC3CCC3)cnc21. The molecule has 0 aromatic carbocycles. The fraction of sp³-hybridized carbons (Fsp3) is 0.636. The molecule has 17 heavy (non-hydrogen) atoms. The summed E-state index contributed by atoms with van der Waals surface area (Å²) in [5, 5.41) is 7.67. The number of fused-ring (bicyclic) bond motifs is 1. The molecular weight excluding hydrogens is 218 g/mol. The lowest BCUT2D eigenvalue weighted by Crippen LogP contribution is -2.23. The molecule has 0 radical (unpaired) electrons. The molecule has 2 aromatic heterocycles. The first kappa shape index (κ1) is 10.4. The maximum absolute atomic E-state index is 12.1. The molecule has 0 N–H and O–H groups in total. The molecule has 1 saturated carbocycles. The highest BCUT2D eigenvalue weighted by molar-refractivity contribution is 5.67. The van der Waals surface area contributed by atoms with Crippen LogP contribution in [0, 0.1) is 5.92 Å². The predicted molar refractivity (Wildman–Crippen MR) is 62.5 cm³/mol. The maximum atomic E-state index is 12.1. The Bertz CT molecular complexity index is 595. The molecule has 3 rings (SSSR count). The Labute approximate surface area is 98.3 Å². The van der Waals surface area contributed by atoms with Crippen LogP contribution in [0.4, 0.5) is 0 Å². The molecule has 6 heteroatoms. The average Bonchev–Trinajstić information content (AvgIpc) is 2.62. The van der Waals surface area contributed by atoms with E-state index in [0.29, 0.717) is 11.2 Å². The van der Waals surface area contributed by atoms with E-state index in [1.54, 1.807) is 17.9 Å². The third kappa shape index (κ3) is 1.73. The smallest absolute Gasteiger partial charge is 0.283 e. The minimum Gasteiger partial charge on any atom is -0.297 e. The van der Waals surface area contributed by atoms with Crippen molar-refractivity contribution in [3.05, 3.63) is 16.7 Å². The Morgan fingerprint density at radius 1 is 1.47 bits per heavy atom. The third-order valence-electron chi connectivity index (χ3n) is 3.58. The third-order valence-corrected chi connectivity index (χ3v) is 3.58. The van der Waals surface area contributed by atoms with Crippen LogP contribution in [0.3, 0.4) is 0 Å². The number of hydrogen-bond acceptors (Lipinski definition) is 4. The molecule has 0 atom stereocenters. The van der Waals surface area contributed by atoms with E-state index in [1.165, 1.54) is 23.9 Å². The molecule has 0 unspecified atom stereocenters. The van der Waals surface area contributed by atoms with Crippen molar-refractivity contribution in [2.75, 3.05) is 0 Å². The monoisotopic (exact) mass is 233 g/mol. The Morgan fingerprint density at radius 2 is 2.29 bits per heavy atom. The summed E-state index contributed by atoms with van der Waals surface area (Å²) >= 11 is 0. The zero-order chi connectivity index (χ0) is 11.8. The van der Waals surface area contributed by atoms with Crippen molar-refractivity contribution >= 4 is 11.2 Å². The summed E-state index contributed by atoms with van der Waals surface area (Å²) in [6.07, 6.45) is 6.60. The Hall–Kier alpha value is -1.72. The van der Waals surface area contributed by atoms with E-state index in [4.69, 9.17) is 0 Å². The van der Waals surface area contributed by atoms with Gasteiger partial charge < -0.3 is 0 Å². The number of rotatable bonds is 3. The summed E-state index contributed by atoms with van der Waals surface area (Å²) in [5.74, 6) is 0.791. The van der Waals surface area contributed by atoms with Crippen molar-refractivity contribution in [3.8, 4) is 0 Å². The Morgan fingerprint density at radius 3 is 3.00 bits per heavy atom. The molecule has 1 aliphatic carbocycles. The van der Waals surface area contributed by atoms with E-state index < -0.39 is 0 Å². The highest BCUT2D eigenvalue weighted by Crippen LogP contribution is 2.29. The van der Waals surface area contributed by atoms with E-state index in [0.717, 1.165) is 18.9 Å². The Balaban J connectivity index is 1.89. The summed E-state index contributed by atoms with van der Waals surface area (Å²) in [6, 6.07) is 0. The number of nitrogens with zero attached hydrogens (tertiary/aromatic N) is 5. The van der Waals surface area contributed by atoms with Gasteiger partial charge in [0.1, 0.15) is 6.33 Å². The number of aryl methyl sites for hydroxylation is 2. The van der Waals surface area contributed by atoms with Crippen molar-refractivity contribution in [1.82, 2.24) is 24.5 Å². The van der Waals surface area contributed by atoms with Gasteiger partial charge in [-0.05, 0) is 12.3 Å². The molecular formula is C11H15N5O. The van der Waals surface area contributed by atoms with Gasteiger partial charge in [0.25, 0.3) is 5.56 Å². The molecule has 0 bridgehead atoms. The lowest BCUT2D eigenvalue weighted by Gasteiger charge is -2.25. The lowest BCUT2D eigenvalue weighted by atomic mass is 9.83. The van der Waals surface area contributed by atoms with Crippen LogP contribution in [-0.2, 0) is 13.6 Å². The van der Waals surface area contributed by atoms with Crippen LogP contribution < -0.4 is 5.56 Å². The highest BCUT2D eigenvalue weighted by Gasteiger charge is 2.17. The fourth-order valence-corrected chi connectivity index (χ4v) is 2.21. The lowest BCUT2D eigenvalue weighted by molar-refractivity contribution is 0.281. The van der Waals surface area contributed by atoms with Gasteiger partial charge in [0.2, 0.25) is 0 Å². The van der Waals surface area contributed by atoms with Crippen LogP contribution >= 0.6 is 0 Å². The second-order valence-electron chi connectivity index (χ2n) is 4.71. The zero-order valence-electron chi connectivity index (χ0n) is 9.83. The van der Waals surface area contributed by atoms with Crippen LogP contribution in [0.2, 0.25) is 0 Å². The van der Waals surface area contributed by atoms with Gasteiger partial charge in [-0.25, -0.2) is 9.67 Å². The van der Waals surface area contributed by atoms with Crippen molar-refractivity contribution in [2.45, 2.75) is 32.2 Å². The Kier molecular flexibility index (Phi) is 2.42. The average molecular weight is 233 g/mol. The summed E-state index contributed by atoms with van der Waals surface area (Å²) < 4.78 is 3.17. The maximum Gasteiger partial charge on any atom is 0.283 e. The first-order valence-corrected chi connectivity index (χ1v) is 6.00. The summed E-state index contributed by atoms with van der Waals surface area (Å²) in [7, 11) is 1.74. The minimum absolute atomic E-state index is 0.0811. The molecule has 2 heterocycles. The van der Waals surface area contributed by atoms with Gasteiger partial charge >= 0.3 is 0 Å². The molecule has 0 aliphatic heterocycles. The van der Waals surface area contributed by atoms with Gasteiger partial charge in [0.05, 0.1) is 0 Å². The standard InChI is InChI=1S/C11H15N5O/c1-15-10-9(13-14-15)11(17)16(7-12-10)6-5-8-3-2-4-8/h7-8H,2-6H2,1H3. The summed E-state index contributed by atoms with van der Waals surface area (Å²) in [6.45, 7) is 0.739. The van der Waals surface area contributed by atoms with Crippen LogP contribution in [0.25, 0.3) is 11.2 Å². The van der Waals surface area contributed by atoms with Gasteiger partial charge in [0, 0.05) is 13.6 Å². The largest absolute Gasteiger partial charge is 0.297 e. The number of hydrogen-bond donors (Lipinski definition) is 0. The van der Waals surface area contributed by atoms with Gasteiger partial charge in [-0.3, -0.25) is 9.36 Å². The summed E-state index contributed by atoms with van der Waals surface area (Å²) in [5.41, 5.74) is 0.834. The van der Waals surface area contributed by atoms with Crippen molar-refractivity contribution < 1.29 is 0 Å². The van der Waals surface area contributed by atoms with Gasteiger partial charge in [-0.2, -0.15) is 0 Å². The van der Waals surface area contributed by atoms with Crippen LogP contribution in [0.15, 0.2) is 11.1 Å². The van der Waals surface area contributed by atoms with E-state index >= 15 is 0 Å². The molecule has 1 fully saturated rings. The molecule has 6 nitrogen and oxygen atoms in total. The molecule has 90 valence electrons. The second kappa shape index (κ2) is 3.94. The zero-order valence-corrected chi connectivity index (χ0v) is 9.83. The topological polar surface area (TPSA) is 65.6 Å². The van der Waals surface area contributed by atoms with Crippen LogP contribution in [0.1, 0.15) is 25.7 Å². The molecule has 2 aromatic rings. The quantitative estimate of drug-likeness (QED) is 0.783. The van der Waals surface area contributed by atoms with Gasteiger partial charge in [-0.1, -0.05) is 24.5 Å². The fourth-order valence-electron chi connectivity index (χ4n) is 2.21. The van der Waals surface area contributed by atoms with E-state index in [2.05, 4.69) is 15.3 Å². The first-order chi connectivity index (χ1) is 8.25. The van der Waals surface area contributed by atoms with E-state index in [9.17, 15) is 4.79 Å². The molecule has 1 aliphatic rings. The number of aromatic nitrogens is 5. The van der Waals surface area contributed by atoms with Crippen molar-refractivity contribution in [3.63, 3.8) is 0 Å². The second-order valence-corrected chi connectivity index (χ2v) is 4.71. The molecule has 0 spiro atoms. The van der Waals surface area contributed by atoms with E-state index in [-0.39, 0.29) is 5.56 Å². The minimum atomic E-state index is -0.0811. The first-order valence-electron chi connectivity index (χ1n) is 6.00. The van der Waals surface area contributed by atoms with E-state index in [1.807, 2.05) is 0 Å². The van der Waals surface area contributed by atoms with Crippen molar-refractivity contribution in [2.24, 2.45) is 13.0 Å². The van der Waals surface area contributed by atoms with Gasteiger partial charge in [0.15, 0.2) is 11.2 Å². The van der Waals surface area contributed by atoms with Crippen molar-refractivity contribution in [1.29, 1.82) is 0 Å². The summed E-state index contributed by atoms with van der Waals surface area (Å²) in [4.78, 5) is 16.3. The molecule has 0 amide bonds.